The van der Waals surface area contributed by atoms with Crippen molar-refractivity contribution >= 4 is 0 Å². The molecule has 0 saturated heterocycles. The van der Waals surface area contributed by atoms with E-state index in [1.54, 1.807) is 18.2 Å². The van der Waals surface area contributed by atoms with Gasteiger partial charge in [-0.2, -0.15) is 0 Å². The summed E-state index contributed by atoms with van der Waals surface area (Å²) in [6.45, 7) is 6.20. The first kappa shape index (κ1) is 12.1. The molecule has 1 atom stereocenters. The van der Waals surface area contributed by atoms with Gasteiger partial charge in [-0.25, -0.2) is 4.39 Å². The second kappa shape index (κ2) is 4.73. The average molecular weight is 211 g/mol. The minimum absolute atomic E-state index is 0.280. The van der Waals surface area contributed by atoms with Gasteiger partial charge in [0.25, 0.3) is 0 Å². The summed E-state index contributed by atoms with van der Waals surface area (Å²) in [5.41, 5.74) is 5.93. The molecule has 2 nitrogen and oxygen atoms in total. The summed E-state index contributed by atoms with van der Waals surface area (Å²) in [4.78, 5) is 0. The summed E-state index contributed by atoms with van der Waals surface area (Å²) in [5.74, 6) is -0.280. The molecule has 0 spiro atoms. The third kappa shape index (κ3) is 2.76. The second-order valence-corrected chi connectivity index (χ2v) is 4.04. The van der Waals surface area contributed by atoms with Gasteiger partial charge >= 0.3 is 0 Å². The number of halogens is 1. The van der Waals surface area contributed by atoms with Crippen LogP contribution in [0.15, 0.2) is 24.3 Å². The first-order valence-corrected chi connectivity index (χ1v) is 5.13. The number of rotatable bonds is 4. The zero-order chi connectivity index (χ0) is 11.5. The van der Waals surface area contributed by atoms with Gasteiger partial charge in [0.1, 0.15) is 5.82 Å². The van der Waals surface area contributed by atoms with E-state index in [9.17, 15) is 4.39 Å². The lowest BCUT2D eigenvalue weighted by atomic mass is 9.92. The number of hydrogen-bond donors (Lipinski definition) is 1. The van der Waals surface area contributed by atoms with Gasteiger partial charge in [0.05, 0.1) is 11.6 Å². The molecule has 0 radical (unpaired) electrons. The number of hydrogen-bond acceptors (Lipinski definition) is 2. The molecule has 1 rings (SSSR count). The fourth-order valence-corrected chi connectivity index (χ4v) is 1.56. The Bertz CT molecular complexity index is 325. The lowest BCUT2D eigenvalue weighted by Crippen LogP contribution is -2.38. The molecule has 0 bridgehead atoms. The minimum atomic E-state index is -0.559. The topological polar surface area (TPSA) is 35.2 Å². The molecular weight excluding hydrogens is 193 g/mol. The van der Waals surface area contributed by atoms with Crippen LogP contribution in [0.25, 0.3) is 0 Å². The Morgan fingerprint density at radius 1 is 1.40 bits per heavy atom. The van der Waals surface area contributed by atoms with E-state index < -0.39 is 11.6 Å². The highest BCUT2D eigenvalue weighted by atomic mass is 19.1. The molecule has 0 fully saturated rings. The molecule has 3 heteroatoms. The van der Waals surface area contributed by atoms with Crippen LogP contribution in [0.1, 0.15) is 32.4 Å². The summed E-state index contributed by atoms with van der Waals surface area (Å²) in [5, 5.41) is 0. The van der Waals surface area contributed by atoms with Crippen molar-refractivity contribution in [1.82, 2.24) is 0 Å². The van der Waals surface area contributed by atoms with Crippen molar-refractivity contribution in [3.8, 4) is 0 Å². The molecule has 1 aromatic rings. The normalized spacial score (nSPS) is 13.9. The van der Waals surface area contributed by atoms with Crippen LogP contribution in [0.5, 0.6) is 0 Å². The van der Waals surface area contributed by atoms with Gasteiger partial charge in [-0.15, -0.1) is 0 Å². The molecule has 0 aromatic heterocycles. The van der Waals surface area contributed by atoms with Gasteiger partial charge in [-0.05, 0) is 26.8 Å². The Kier molecular flexibility index (Phi) is 3.83. The number of nitrogens with two attached hydrogens (primary N) is 1. The van der Waals surface area contributed by atoms with Crippen molar-refractivity contribution in [2.24, 2.45) is 5.73 Å². The summed E-state index contributed by atoms with van der Waals surface area (Å²) in [6.07, 6.45) is 0. The van der Waals surface area contributed by atoms with E-state index in [0.29, 0.717) is 12.2 Å². The van der Waals surface area contributed by atoms with Crippen molar-refractivity contribution in [1.29, 1.82) is 0 Å². The first-order chi connectivity index (χ1) is 6.99. The Morgan fingerprint density at radius 2 is 2.00 bits per heavy atom. The molecule has 84 valence electrons. The van der Waals surface area contributed by atoms with Crippen molar-refractivity contribution < 1.29 is 9.13 Å². The molecule has 0 saturated carbocycles. The highest BCUT2D eigenvalue weighted by Crippen LogP contribution is 2.27. The zero-order valence-electron chi connectivity index (χ0n) is 9.46. The van der Waals surface area contributed by atoms with Crippen LogP contribution in [0.2, 0.25) is 0 Å². The lowest BCUT2D eigenvalue weighted by Gasteiger charge is -2.31. The SMILES string of the molecule is CCOC(C)(C)C(N)c1ccccc1F. The Balaban J connectivity index is 2.93. The minimum Gasteiger partial charge on any atom is -0.374 e. The Hall–Kier alpha value is -0.930. The van der Waals surface area contributed by atoms with Crippen LogP contribution in [-0.4, -0.2) is 12.2 Å². The summed E-state index contributed by atoms with van der Waals surface area (Å²) in [7, 11) is 0. The van der Waals surface area contributed by atoms with Gasteiger partial charge in [-0.1, -0.05) is 18.2 Å². The molecule has 0 aliphatic carbocycles. The van der Waals surface area contributed by atoms with Crippen LogP contribution >= 0.6 is 0 Å². The number of benzene rings is 1. The van der Waals surface area contributed by atoms with Crippen LogP contribution < -0.4 is 5.73 Å². The summed E-state index contributed by atoms with van der Waals surface area (Å²) < 4.78 is 19.0. The predicted molar refractivity (Wildman–Crippen MR) is 59.0 cm³/mol. The fraction of sp³-hybridized carbons (Fsp3) is 0.500. The Labute approximate surface area is 90.2 Å². The van der Waals surface area contributed by atoms with Crippen LogP contribution in [0.3, 0.4) is 0 Å². The van der Waals surface area contributed by atoms with Crippen LogP contribution in [0, 0.1) is 5.82 Å². The second-order valence-electron chi connectivity index (χ2n) is 4.04. The molecule has 0 aliphatic rings. The Morgan fingerprint density at radius 3 is 2.53 bits per heavy atom. The molecule has 0 aliphatic heterocycles. The number of ether oxygens (including phenoxy) is 1. The van der Waals surface area contributed by atoms with E-state index >= 15 is 0 Å². The standard InChI is InChI=1S/C12H18FNO/c1-4-15-12(2,3)11(14)9-7-5-6-8-10(9)13/h5-8,11H,4,14H2,1-3H3. The zero-order valence-corrected chi connectivity index (χ0v) is 9.46. The molecular formula is C12H18FNO. The quantitative estimate of drug-likeness (QED) is 0.831. The van der Waals surface area contributed by atoms with Crippen molar-refractivity contribution in [2.75, 3.05) is 6.61 Å². The smallest absolute Gasteiger partial charge is 0.128 e. The lowest BCUT2D eigenvalue weighted by molar-refractivity contribution is -0.0305. The van der Waals surface area contributed by atoms with Gasteiger partial charge in [0.15, 0.2) is 0 Å². The van der Waals surface area contributed by atoms with E-state index in [0.717, 1.165) is 0 Å². The highest BCUT2D eigenvalue weighted by molar-refractivity contribution is 5.23. The van der Waals surface area contributed by atoms with Gasteiger partial charge < -0.3 is 10.5 Å². The maximum Gasteiger partial charge on any atom is 0.128 e. The van der Waals surface area contributed by atoms with E-state index in [4.69, 9.17) is 10.5 Å². The predicted octanol–water partition coefficient (Wildman–Crippen LogP) is 2.64. The fourth-order valence-electron chi connectivity index (χ4n) is 1.56. The van der Waals surface area contributed by atoms with Gasteiger partial charge in [-0.3, -0.25) is 0 Å². The monoisotopic (exact) mass is 211 g/mol. The summed E-state index contributed by atoms with van der Waals surface area (Å²) in [6, 6.07) is 6.08. The third-order valence-electron chi connectivity index (χ3n) is 2.51. The van der Waals surface area contributed by atoms with Crippen molar-refractivity contribution in [3.63, 3.8) is 0 Å². The average Bonchev–Trinajstić information content (AvgIpc) is 2.17. The van der Waals surface area contributed by atoms with Gasteiger partial charge in [0.2, 0.25) is 0 Å². The van der Waals surface area contributed by atoms with E-state index in [1.807, 2.05) is 20.8 Å². The molecule has 0 heterocycles. The molecule has 1 unspecified atom stereocenters. The van der Waals surface area contributed by atoms with Gasteiger partial charge in [0, 0.05) is 12.2 Å². The molecule has 0 amide bonds. The maximum absolute atomic E-state index is 13.5. The van der Waals surface area contributed by atoms with Crippen molar-refractivity contribution in [2.45, 2.75) is 32.4 Å². The van der Waals surface area contributed by atoms with E-state index in [-0.39, 0.29) is 5.82 Å². The summed E-state index contributed by atoms with van der Waals surface area (Å²) >= 11 is 0. The van der Waals surface area contributed by atoms with Crippen LogP contribution in [0.4, 0.5) is 4.39 Å². The van der Waals surface area contributed by atoms with Crippen LogP contribution in [-0.2, 0) is 4.74 Å². The molecule has 15 heavy (non-hydrogen) atoms. The van der Waals surface area contributed by atoms with E-state index in [2.05, 4.69) is 0 Å². The first-order valence-electron chi connectivity index (χ1n) is 5.13. The largest absolute Gasteiger partial charge is 0.374 e. The third-order valence-corrected chi connectivity index (χ3v) is 2.51. The highest BCUT2D eigenvalue weighted by Gasteiger charge is 2.29. The maximum atomic E-state index is 13.5. The molecule has 1 aromatic carbocycles. The molecule has 2 N–H and O–H groups in total. The van der Waals surface area contributed by atoms with Crippen molar-refractivity contribution in [3.05, 3.63) is 35.6 Å². The van der Waals surface area contributed by atoms with E-state index in [1.165, 1.54) is 6.07 Å².